The van der Waals surface area contributed by atoms with Crippen molar-refractivity contribution in [2.24, 2.45) is 10.8 Å². The smallest absolute Gasteiger partial charge is 0.155 e. The highest BCUT2D eigenvalue weighted by molar-refractivity contribution is 8.78. The predicted octanol–water partition coefficient (Wildman–Crippen LogP) is 2.20. The summed E-state index contributed by atoms with van der Waals surface area (Å²) in [4.78, 5) is 0. The van der Waals surface area contributed by atoms with Crippen LogP contribution in [0.4, 0.5) is 0 Å². The maximum Gasteiger partial charge on any atom is 0.155 e. The van der Waals surface area contributed by atoms with Gasteiger partial charge >= 0.3 is 0 Å². The van der Waals surface area contributed by atoms with Gasteiger partial charge in [-0.1, -0.05) is 41.5 Å². The van der Waals surface area contributed by atoms with E-state index in [9.17, 15) is 8.42 Å². The SMILES string of the molecule is CC(C)(C)C1(C(C)(C)C)S(=O)S1=O. The Morgan fingerprint density at radius 3 is 1.00 bits per heavy atom. The van der Waals surface area contributed by atoms with Crippen LogP contribution in [0.15, 0.2) is 0 Å². The lowest BCUT2D eigenvalue weighted by Gasteiger charge is -2.36. The Bertz CT molecular complexity index is 251. The summed E-state index contributed by atoms with van der Waals surface area (Å²) in [6.07, 6.45) is 0. The lowest BCUT2D eigenvalue weighted by molar-refractivity contribution is 0.224. The third-order valence-electron chi connectivity index (χ3n) is 2.56. The summed E-state index contributed by atoms with van der Waals surface area (Å²) < 4.78 is 22.8. The number of hydrogen-bond donors (Lipinski definition) is 0. The van der Waals surface area contributed by atoms with Crippen LogP contribution in [0.3, 0.4) is 0 Å². The number of hydrogen-bond acceptors (Lipinski definition) is 2. The molecule has 2 unspecified atom stereocenters. The fourth-order valence-corrected chi connectivity index (χ4v) is 8.99. The first-order valence-corrected chi connectivity index (χ1v) is 7.22. The van der Waals surface area contributed by atoms with Crippen LogP contribution in [-0.4, -0.2) is 12.5 Å². The van der Waals surface area contributed by atoms with Gasteiger partial charge < -0.3 is 0 Å². The minimum atomic E-state index is -1.17. The predicted molar refractivity (Wildman–Crippen MR) is 57.9 cm³/mol. The lowest BCUT2D eigenvalue weighted by atomic mass is 9.76. The van der Waals surface area contributed by atoms with E-state index in [1.165, 1.54) is 0 Å². The molecule has 2 nitrogen and oxygen atoms in total. The monoisotopic (exact) mass is 222 g/mol. The van der Waals surface area contributed by atoms with Crippen molar-refractivity contribution in [3.8, 4) is 0 Å². The summed E-state index contributed by atoms with van der Waals surface area (Å²) in [6, 6.07) is 0. The first-order valence-electron chi connectivity index (χ1n) is 4.41. The third kappa shape index (κ3) is 1.25. The van der Waals surface area contributed by atoms with Crippen molar-refractivity contribution in [1.29, 1.82) is 0 Å². The van der Waals surface area contributed by atoms with Gasteiger partial charge in [-0.15, -0.1) is 0 Å². The topological polar surface area (TPSA) is 34.1 Å². The molecule has 0 radical (unpaired) electrons. The van der Waals surface area contributed by atoms with Gasteiger partial charge in [0.25, 0.3) is 0 Å². The van der Waals surface area contributed by atoms with Crippen molar-refractivity contribution in [2.75, 3.05) is 0 Å². The largest absolute Gasteiger partial charge is 0.244 e. The average Bonchev–Trinajstić information content (AvgIpc) is 2.32. The molecule has 0 N–H and O–H groups in total. The van der Waals surface area contributed by atoms with Crippen LogP contribution >= 0.6 is 0 Å². The van der Waals surface area contributed by atoms with Gasteiger partial charge in [0.15, 0.2) is 4.08 Å². The van der Waals surface area contributed by atoms with E-state index < -0.39 is 23.7 Å². The molecule has 1 rings (SSSR count). The van der Waals surface area contributed by atoms with Gasteiger partial charge in [0.05, 0.1) is 0 Å². The number of rotatable bonds is 0. The molecule has 13 heavy (non-hydrogen) atoms. The summed E-state index contributed by atoms with van der Waals surface area (Å²) in [6.45, 7) is 12.1. The van der Waals surface area contributed by atoms with E-state index in [0.717, 1.165) is 0 Å². The molecule has 2 atom stereocenters. The van der Waals surface area contributed by atoms with Crippen molar-refractivity contribution in [2.45, 2.75) is 45.6 Å². The van der Waals surface area contributed by atoms with Crippen LogP contribution in [0.1, 0.15) is 41.5 Å². The Labute approximate surface area is 84.8 Å². The molecular weight excluding hydrogens is 204 g/mol. The molecule has 1 aliphatic heterocycles. The molecule has 0 bridgehead atoms. The highest BCUT2D eigenvalue weighted by Crippen LogP contribution is 2.62. The quantitative estimate of drug-likeness (QED) is 0.465. The van der Waals surface area contributed by atoms with Crippen molar-refractivity contribution in [1.82, 2.24) is 0 Å². The van der Waals surface area contributed by atoms with Crippen LogP contribution in [0, 0.1) is 10.8 Å². The van der Waals surface area contributed by atoms with E-state index in [-0.39, 0.29) is 10.8 Å². The van der Waals surface area contributed by atoms with Crippen molar-refractivity contribution in [3.05, 3.63) is 0 Å². The second-order valence-electron chi connectivity index (χ2n) is 5.59. The third-order valence-corrected chi connectivity index (χ3v) is 8.65. The molecule has 0 aliphatic carbocycles. The summed E-state index contributed by atoms with van der Waals surface area (Å²) >= 11 is 0. The standard InChI is InChI=1S/C9H18O2S2/c1-7(2,3)9(8(4,5)6)12(10)13(9)11/h1-6H3. The van der Waals surface area contributed by atoms with Crippen LogP contribution in [-0.2, 0) is 19.7 Å². The Hall–Kier alpha value is 0.300. The molecule has 1 heterocycles. The molecule has 0 aromatic carbocycles. The zero-order chi connectivity index (χ0) is 10.7. The second kappa shape index (κ2) is 2.66. The molecule has 0 aromatic rings. The van der Waals surface area contributed by atoms with Crippen molar-refractivity contribution >= 4 is 19.7 Å². The molecule has 1 aliphatic rings. The van der Waals surface area contributed by atoms with Gasteiger partial charge in [0.1, 0.15) is 19.7 Å². The van der Waals surface area contributed by atoms with Crippen molar-refractivity contribution < 1.29 is 8.42 Å². The summed E-state index contributed by atoms with van der Waals surface area (Å²) in [7, 11) is -2.34. The normalized spacial score (nSPS) is 33.1. The maximum absolute atomic E-state index is 11.6. The van der Waals surface area contributed by atoms with Gasteiger partial charge in [-0.2, -0.15) is 0 Å². The van der Waals surface area contributed by atoms with Crippen LogP contribution in [0.5, 0.6) is 0 Å². The van der Waals surface area contributed by atoms with Gasteiger partial charge in [-0.05, 0) is 10.8 Å². The molecule has 0 aromatic heterocycles. The summed E-state index contributed by atoms with van der Waals surface area (Å²) in [5.41, 5.74) is -0.331. The molecule has 1 fully saturated rings. The van der Waals surface area contributed by atoms with E-state index in [4.69, 9.17) is 0 Å². The van der Waals surface area contributed by atoms with E-state index in [0.29, 0.717) is 0 Å². The van der Waals surface area contributed by atoms with E-state index in [2.05, 4.69) is 0 Å². The van der Waals surface area contributed by atoms with Gasteiger partial charge in [0.2, 0.25) is 0 Å². The molecule has 78 valence electrons. The zero-order valence-electron chi connectivity index (χ0n) is 9.13. The van der Waals surface area contributed by atoms with Crippen LogP contribution < -0.4 is 0 Å². The highest BCUT2D eigenvalue weighted by Gasteiger charge is 2.75. The lowest BCUT2D eigenvalue weighted by Crippen LogP contribution is -2.42. The zero-order valence-corrected chi connectivity index (χ0v) is 10.8. The van der Waals surface area contributed by atoms with Crippen LogP contribution in [0.25, 0.3) is 0 Å². The molecule has 4 heteroatoms. The van der Waals surface area contributed by atoms with Gasteiger partial charge in [-0.25, -0.2) is 8.42 Å². The molecule has 1 saturated heterocycles. The second-order valence-corrected chi connectivity index (χ2v) is 9.82. The highest BCUT2D eigenvalue weighted by atomic mass is 33.2. The van der Waals surface area contributed by atoms with E-state index in [1.807, 2.05) is 41.5 Å². The van der Waals surface area contributed by atoms with E-state index >= 15 is 0 Å². The molecule has 0 spiro atoms. The summed E-state index contributed by atoms with van der Waals surface area (Å²) in [5, 5.41) is 0. The summed E-state index contributed by atoms with van der Waals surface area (Å²) in [5.74, 6) is 0. The fourth-order valence-electron chi connectivity index (χ4n) is 2.28. The van der Waals surface area contributed by atoms with E-state index in [1.54, 1.807) is 0 Å². The van der Waals surface area contributed by atoms with Gasteiger partial charge in [-0.3, -0.25) is 0 Å². The average molecular weight is 222 g/mol. The van der Waals surface area contributed by atoms with Crippen LogP contribution in [0.2, 0.25) is 0 Å². The first kappa shape index (κ1) is 11.4. The molecule has 0 amide bonds. The first-order chi connectivity index (χ1) is 5.57. The fraction of sp³-hybridized carbons (Fsp3) is 1.00. The Balaban J connectivity index is 3.24. The molecule has 0 saturated carbocycles. The minimum absolute atomic E-state index is 0.166. The minimum Gasteiger partial charge on any atom is -0.244 e. The molecular formula is C9H18O2S2. The van der Waals surface area contributed by atoms with Gasteiger partial charge in [0, 0.05) is 0 Å². The Morgan fingerprint density at radius 2 is 1.00 bits per heavy atom. The Morgan fingerprint density at radius 1 is 0.769 bits per heavy atom. The maximum atomic E-state index is 11.6. The van der Waals surface area contributed by atoms with Crippen molar-refractivity contribution in [3.63, 3.8) is 0 Å². The Kier molecular flexibility index (Phi) is 2.33.